The molecule has 1 aromatic carbocycles. The van der Waals surface area contributed by atoms with Crippen LogP contribution in [-0.4, -0.2) is 12.0 Å². The van der Waals surface area contributed by atoms with Gasteiger partial charge in [0.2, 0.25) is 0 Å². The second kappa shape index (κ2) is 4.49. The van der Waals surface area contributed by atoms with E-state index in [4.69, 9.17) is 11.6 Å². The number of fused-ring (bicyclic) bond motifs is 1. The monoisotopic (exact) mass is 252 g/mol. The summed E-state index contributed by atoms with van der Waals surface area (Å²) in [6.45, 7) is 4.06. The van der Waals surface area contributed by atoms with Crippen molar-refractivity contribution in [2.75, 3.05) is 12.4 Å². The van der Waals surface area contributed by atoms with Gasteiger partial charge in [-0.3, -0.25) is 0 Å². The summed E-state index contributed by atoms with van der Waals surface area (Å²) >= 11 is 5.86. The molecule has 0 spiro atoms. The Kier molecular flexibility index (Phi) is 3.20. The van der Waals surface area contributed by atoms with E-state index in [1.54, 1.807) is 13.1 Å². The maximum atomic E-state index is 13.8. The minimum absolute atomic E-state index is 0.251. The molecule has 2 aromatic rings. The Balaban J connectivity index is 2.82. The summed E-state index contributed by atoms with van der Waals surface area (Å²) in [5.41, 5.74) is 2.08. The van der Waals surface area contributed by atoms with E-state index in [2.05, 4.69) is 10.3 Å². The second-order valence-corrected chi connectivity index (χ2v) is 4.72. The van der Waals surface area contributed by atoms with Gasteiger partial charge in [-0.2, -0.15) is 0 Å². The third kappa shape index (κ3) is 2.20. The lowest BCUT2D eigenvalue weighted by atomic mass is 10.1. The summed E-state index contributed by atoms with van der Waals surface area (Å²) < 4.78 is 13.8. The molecule has 4 heteroatoms. The Morgan fingerprint density at radius 1 is 1.29 bits per heavy atom. The Bertz CT molecular complexity index is 567. The zero-order valence-corrected chi connectivity index (χ0v) is 10.8. The molecule has 0 saturated carbocycles. The average Bonchev–Trinajstić information content (AvgIpc) is 2.27. The van der Waals surface area contributed by atoms with E-state index >= 15 is 0 Å². The van der Waals surface area contributed by atoms with Crippen LogP contribution >= 0.6 is 11.6 Å². The second-order valence-electron chi connectivity index (χ2n) is 4.28. The third-order valence-corrected chi connectivity index (χ3v) is 2.93. The number of nitrogens with zero attached hydrogens (tertiary/aromatic N) is 1. The average molecular weight is 253 g/mol. The molecule has 1 N–H and O–H groups in total. The third-order valence-electron chi connectivity index (χ3n) is 2.71. The van der Waals surface area contributed by atoms with E-state index in [-0.39, 0.29) is 11.7 Å². The summed E-state index contributed by atoms with van der Waals surface area (Å²) in [5.74, 6) is -0.131. The van der Waals surface area contributed by atoms with Crippen molar-refractivity contribution in [1.82, 2.24) is 4.98 Å². The van der Waals surface area contributed by atoms with Gasteiger partial charge in [0.05, 0.1) is 0 Å². The summed E-state index contributed by atoms with van der Waals surface area (Å²) in [5, 5.41) is 4.14. The van der Waals surface area contributed by atoms with Crippen molar-refractivity contribution >= 4 is 28.2 Å². The lowest BCUT2D eigenvalue weighted by molar-refractivity contribution is 0.635. The summed E-state index contributed by atoms with van der Waals surface area (Å²) in [7, 11) is 1.80. The molecule has 0 bridgehead atoms. The summed E-state index contributed by atoms with van der Waals surface area (Å²) in [4.78, 5) is 4.35. The molecule has 17 heavy (non-hydrogen) atoms. The quantitative estimate of drug-likeness (QED) is 0.867. The van der Waals surface area contributed by atoms with E-state index in [1.807, 2.05) is 19.9 Å². The largest absolute Gasteiger partial charge is 0.388 e. The minimum atomic E-state index is -0.383. The van der Waals surface area contributed by atoms with Gasteiger partial charge in [-0.25, -0.2) is 9.37 Å². The van der Waals surface area contributed by atoms with Crippen LogP contribution < -0.4 is 5.32 Å². The highest BCUT2D eigenvalue weighted by Crippen LogP contribution is 2.30. The highest BCUT2D eigenvalue weighted by Gasteiger charge is 2.12. The topological polar surface area (TPSA) is 24.9 Å². The van der Waals surface area contributed by atoms with Crippen LogP contribution in [0.15, 0.2) is 18.2 Å². The predicted octanol–water partition coefficient (Wildman–Crippen LogP) is 4.19. The number of benzene rings is 1. The SMILES string of the molecule is CNc1cc(C(C)C)nc2c(F)cc(Cl)cc12. The van der Waals surface area contributed by atoms with Gasteiger partial charge in [0, 0.05) is 28.8 Å². The standard InChI is InChI=1S/C13H14ClFN2/c1-7(2)11-6-12(16-3)9-4-8(14)5-10(15)13(9)17-11/h4-7H,1-3H3,(H,16,17). The predicted molar refractivity (Wildman–Crippen MR) is 70.3 cm³/mol. The fourth-order valence-electron chi connectivity index (χ4n) is 1.77. The van der Waals surface area contributed by atoms with Gasteiger partial charge in [-0.15, -0.1) is 0 Å². The molecule has 0 saturated heterocycles. The molecule has 0 aliphatic heterocycles. The number of aromatic nitrogens is 1. The molecule has 0 atom stereocenters. The van der Waals surface area contributed by atoms with Gasteiger partial charge in [0.15, 0.2) is 5.82 Å². The molecule has 2 nitrogen and oxygen atoms in total. The number of pyridine rings is 1. The molecular formula is C13H14ClFN2. The van der Waals surface area contributed by atoms with E-state index < -0.39 is 0 Å². The van der Waals surface area contributed by atoms with E-state index in [9.17, 15) is 4.39 Å². The first-order chi connectivity index (χ1) is 8.02. The minimum Gasteiger partial charge on any atom is -0.388 e. The number of anilines is 1. The van der Waals surface area contributed by atoms with Gasteiger partial charge in [-0.05, 0) is 24.1 Å². The number of hydrogen-bond acceptors (Lipinski definition) is 2. The Morgan fingerprint density at radius 3 is 2.59 bits per heavy atom. The molecule has 0 aliphatic rings. The van der Waals surface area contributed by atoms with Crippen LogP contribution in [-0.2, 0) is 0 Å². The fourth-order valence-corrected chi connectivity index (χ4v) is 1.98. The van der Waals surface area contributed by atoms with E-state index in [0.29, 0.717) is 15.9 Å². The van der Waals surface area contributed by atoms with Crippen LogP contribution in [0.25, 0.3) is 10.9 Å². The zero-order chi connectivity index (χ0) is 12.6. The molecule has 0 fully saturated rings. The van der Waals surface area contributed by atoms with Crippen molar-refractivity contribution in [3.05, 3.63) is 34.7 Å². The summed E-state index contributed by atoms with van der Waals surface area (Å²) in [6.07, 6.45) is 0. The Morgan fingerprint density at radius 2 is 2.00 bits per heavy atom. The van der Waals surface area contributed by atoms with Gasteiger partial charge < -0.3 is 5.32 Å². The molecule has 1 aromatic heterocycles. The lowest BCUT2D eigenvalue weighted by Gasteiger charge is -2.12. The van der Waals surface area contributed by atoms with Gasteiger partial charge in [0.25, 0.3) is 0 Å². The number of nitrogens with one attached hydrogen (secondary N) is 1. The first kappa shape index (κ1) is 12.1. The van der Waals surface area contributed by atoms with Crippen LogP contribution in [0, 0.1) is 5.82 Å². The molecule has 0 amide bonds. The van der Waals surface area contributed by atoms with Gasteiger partial charge in [0.1, 0.15) is 5.52 Å². The normalized spacial score (nSPS) is 11.2. The van der Waals surface area contributed by atoms with E-state index in [0.717, 1.165) is 11.4 Å². The van der Waals surface area contributed by atoms with Gasteiger partial charge in [-0.1, -0.05) is 25.4 Å². The van der Waals surface area contributed by atoms with Crippen molar-refractivity contribution in [2.24, 2.45) is 0 Å². The molecule has 0 aliphatic carbocycles. The molecule has 90 valence electrons. The molecule has 2 rings (SSSR count). The van der Waals surface area contributed by atoms with Crippen LogP contribution in [0.2, 0.25) is 5.02 Å². The number of hydrogen-bond donors (Lipinski definition) is 1. The summed E-state index contributed by atoms with van der Waals surface area (Å²) in [6, 6.07) is 4.95. The molecule has 1 heterocycles. The first-order valence-corrected chi connectivity index (χ1v) is 5.88. The van der Waals surface area contributed by atoms with E-state index in [1.165, 1.54) is 6.07 Å². The Labute approximate surface area is 105 Å². The number of rotatable bonds is 2. The highest BCUT2D eigenvalue weighted by molar-refractivity contribution is 6.31. The van der Waals surface area contributed by atoms with Crippen molar-refractivity contribution in [1.29, 1.82) is 0 Å². The van der Waals surface area contributed by atoms with Crippen LogP contribution in [0.5, 0.6) is 0 Å². The maximum absolute atomic E-state index is 13.8. The van der Waals surface area contributed by atoms with Crippen molar-refractivity contribution < 1.29 is 4.39 Å². The maximum Gasteiger partial charge on any atom is 0.150 e. The van der Waals surface area contributed by atoms with Crippen molar-refractivity contribution in [3.8, 4) is 0 Å². The molecule has 0 unspecified atom stereocenters. The van der Waals surface area contributed by atoms with Crippen molar-refractivity contribution in [2.45, 2.75) is 19.8 Å². The van der Waals surface area contributed by atoms with Crippen LogP contribution in [0.1, 0.15) is 25.5 Å². The van der Waals surface area contributed by atoms with Crippen LogP contribution in [0.4, 0.5) is 10.1 Å². The first-order valence-electron chi connectivity index (χ1n) is 5.50. The Hall–Kier alpha value is -1.35. The highest BCUT2D eigenvalue weighted by atomic mass is 35.5. The molecule has 0 radical (unpaired) electrons. The zero-order valence-electron chi connectivity index (χ0n) is 10.0. The van der Waals surface area contributed by atoms with Crippen molar-refractivity contribution in [3.63, 3.8) is 0 Å². The molecular weight excluding hydrogens is 239 g/mol. The van der Waals surface area contributed by atoms with Gasteiger partial charge >= 0.3 is 0 Å². The lowest BCUT2D eigenvalue weighted by Crippen LogP contribution is -1.99. The smallest absolute Gasteiger partial charge is 0.150 e. The van der Waals surface area contributed by atoms with Crippen LogP contribution in [0.3, 0.4) is 0 Å². The number of halogens is 2. The fraction of sp³-hybridized carbons (Fsp3) is 0.308.